The molecule has 1 fully saturated rings. The molecule has 0 unspecified atom stereocenters. The molecule has 2 aromatic heterocycles. The molecule has 0 spiro atoms. The highest BCUT2D eigenvalue weighted by atomic mass is 16.2. The third-order valence-corrected chi connectivity index (χ3v) is 9.12. The molecular weight excluding hydrogens is 536 g/mol. The van der Waals surface area contributed by atoms with Crippen LogP contribution in [-0.4, -0.2) is 55.5 Å². The number of urea groups is 1. The maximum atomic E-state index is 13.3. The molecule has 218 valence electrons. The van der Waals surface area contributed by atoms with Gasteiger partial charge in [0.2, 0.25) is 0 Å². The number of benzene rings is 3. The number of fused-ring (bicyclic) bond motifs is 2. The van der Waals surface area contributed by atoms with Gasteiger partial charge in [0, 0.05) is 50.7 Å². The van der Waals surface area contributed by atoms with Crippen molar-refractivity contribution in [3.8, 4) is 11.1 Å². The molecule has 3 aromatic carbocycles. The number of hydrogen-bond donors (Lipinski definition) is 1. The first-order valence-corrected chi connectivity index (χ1v) is 15.1. The molecule has 5 aromatic rings. The molecule has 8 nitrogen and oxygen atoms in total. The minimum atomic E-state index is -0.452. The molecule has 2 N–H and O–H groups in total. The number of imidazole rings is 1. The molecule has 0 saturated carbocycles. The molecule has 3 amide bonds. The Hall–Kier alpha value is -4.85. The summed E-state index contributed by atoms with van der Waals surface area (Å²) < 4.78 is 4.12. The number of amides is 3. The van der Waals surface area contributed by atoms with Crippen LogP contribution in [0.1, 0.15) is 40.2 Å². The Labute approximate surface area is 251 Å². The Kier molecular flexibility index (Phi) is 7.19. The number of rotatable bonds is 6. The number of nitrogens with zero attached hydrogens (tertiary/aromatic N) is 5. The summed E-state index contributed by atoms with van der Waals surface area (Å²) in [6.07, 6.45) is 8.59. The number of primary amides is 1. The third kappa shape index (κ3) is 5.41. The summed E-state index contributed by atoms with van der Waals surface area (Å²) in [4.78, 5) is 34.2. The standard InChI is InChI=1S/C35H36N6O2/c36-34(42)33-18-29(32-11-5-9-27-7-3-4-10-31(27)32)22-40(33)23-30-19-37-24-41(30)20-25-12-15-38(16-13-25)35(43)39-17-14-26-6-1-2-8-28(26)21-39/h1-11,18-19,22,24-25H,12-17,20-21,23H2,(H2,36,42). The third-order valence-electron chi connectivity index (χ3n) is 9.12. The van der Waals surface area contributed by atoms with Crippen LogP contribution in [0.25, 0.3) is 21.9 Å². The van der Waals surface area contributed by atoms with Gasteiger partial charge in [0.05, 0.1) is 18.6 Å². The van der Waals surface area contributed by atoms with Gasteiger partial charge in [-0.05, 0) is 58.7 Å². The first-order chi connectivity index (χ1) is 21.0. The van der Waals surface area contributed by atoms with Crippen molar-refractivity contribution in [3.05, 3.63) is 114 Å². The number of aromatic nitrogens is 3. The first-order valence-electron chi connectivity index (χ1n) is 15.1. The van der Waals surface area contributed by atoms with Crippen LogP contribution < -0.4 is 5.73 Å². The van der Waals surface area contributed by atoms with Crippen molar-refractivity contribution in [3.63, 3.8) is 0 Å². The van der Waals surface area contributed by atoms with Crippen molar-refractivity contribution in [2.24, 2.45) is 11.7 Å². The lowest BCUT2D eigenvalue weighted by Crippen LogP contribution is -2.48. The Morgan fingerprint density at radius 2 is 1.63 bits per heavy atom. The number of nitrogens with two attached hydrogens (primary N) is 1. The van der Waals surface area contributed by atoms with Gasteiger partial charge in [-0.1, -0.05) is 66.7 Å². The van der Waals surface area contributed by atoms with E-state index < -0.39 is 5.91 Å². The van der Waals surface area contributed by atoms with Crippen molar-refractivity contribution in [1.29, 1.82) is 0 Å². The topological polar surface area (TPSA) is 89.4 Å². The SMILES string of the molecule is NC(=O)c1cc(-c2cccc3ccccc23)cn1Cc1cncn1CC1CCN(C(=O)N2CCc3ccccc3C2)CC1. The first kappa shape index (κ1) is 27.0. The van der Waals surface area contributed by atoms with Crippen LogP contribution in [-0.2, 0) is 26.1 Å². The second-order valence-electron chi connectivity index (χ2n) is 11.8. The van der Waals surface area contributed by atoms with Crippen molar-refractivity contribution in [2.75, 3.05) is 19.6 Å². The maximum Gasteiger partial charge on any atom is 0.320 e. The number of carbonyl (C=O) groups is 2. The zero-order valence-corrected chi connectivity index (χ0v) is 24.2. The van der Waals surface area contributed by atoms with E-state index in [1.807, 2.05) is 57.4 Å². The fourth-order valence-corrected chi connectivity index (χ4v) is 6.74. The summed E-state index contributed by atoms with van der Waals surface area (Å²) in [6.45, 7) is 4.34. The van der Waals surface area contributed by atoms with Crippen molar-refractivity contribution in [1.82, 2.24) is 23.9 Å². The van der Waals surface area contributed by atoms with Gasteiger partial charge in [-0.25, -0.2) is 9.78 Å². The quantitative estimate of drug-likeness (QED) is 0.290. The average Bonchev–Trinajstić information content (AvgIpc) is 3.67. The molecule has 43 heavy (non-hydrogen) atoms. The minimum absolute atomic E-state index is 0.157. The highest BCUT2D eigenvalue weighted by molar-refractivity contribution is 5.99. The lowest BCUT2D eigenvalue weighted by atomic mass is 9.96. The number of carbonyl (C=O) groups excluding carboxylic acids is 2. The van der Waals surface area contributed by atoms with E-state index in [0.29, 0.717) is 24.7 Å². The summed E-state index contributed by atoms with van der Waals surface area (Å²) in [7, 11) is 0. The molecule has 0 radical (unpaired) electrons. The molecule has 2 aliphatic rings. The molecule has 1 saturated heterocycles. The summed E-state index contributed by atoms with van der Waals surface area (Å²) in [5.41, 5.74) is 12.0. The van der Waals surface area contributed by atoms with Gasteiger partial charge in [-0.2, -0.15) is 0 Å². The van der Waals surface area contributed by atoms with Gasteiger partial charge in [-0.15, -0.1) is 0 Å². The number of hydrogen-bond acceptors (Lipinski definition) is 3. The predicted molar refractivity (Wildman–Crippen MR) is 167 cm³/mol. The van der Waals surface area contributed by atoms with Gasteiger partial charge >= 0.3 is 6.03 Å². The average molecular weight is 573 g/mol. The van der Waals surface area contributed by atoms with Crippen LogP contribution in [0.2, 0.25) is 0 Å². The summed E-state index contributed by atoms with van der Waals surface area (Å²) in [6, 6.07) is 24.9. The van der Waals surface area contributed by atoms with Crippen LogP contribution in [0.4, 0.5) is 4.79 Å². The molecule has 8 heteroatoms. The fraction of sp³-hybridized carbons (Fsp3) is 0.286. The largest absolute Gasteiger partial charge is 0.364 e. The summed E-state index contributed by atoms with van der Waals surface area (Å²) in [5.74, 6) is -0.00242. The van der Waals surface area contributed by atoms with E-state index >= 15 is 0 Å². The van der Waals surface area contributed by atoms with Crippen molar-refractivity contribution >= 4 is 22.7 Å². The van der Waals surface area contributed by atoms with E-state index in [1.54, 1.807) is 0 Å². The predicted octanol–water partition coefficient (Wildman–Crippen LogP) is 5.54. The number of likely N-dealkylation sites (tertiary alicyclic amines) is 1. The van der Waals surface area contributed by atoms with Crippen LogP contribution in [0.15, 0.2) is 91.5 Å². The zero-order valence-electron chi connectivity index (χ0n) is 24.2. The van der Waals surface area contributed by atoms with Gasteiger partial charge in [0.25, 0.3) is 5.91 Å². The molecular formula is C35H36N6O2. The van der Waals surface area contributed by atoms with E-state index in [9.17, 15) is 9.59 Å². The second kappa shape index (κ2) is 11.4. The van der Waals surface area contributed by atoms with E-state index in [1.165, 1.54) is 11.1 Å². The highest BCUT2D eigenvalue weighted by Gasteiger charge is 2.29. The highest BCUT2D eigenvalue weighted by Crippen LogP contribution is 2.31. The van der Waals surface area contributed by atoms with Crippen LogP contribution in [0.3, 0.4) is 0 Å². The maximum absolute atomic E-state index is 13.3. The van der Waals surface area contributed by atoms with Crippen LogP contribution in [0, 0.1) is 5.92 Å². The lowest BCUT2D eigenvalue weighted by Gasteiger charge is -2.37. The van der Waals surface area contributed by atoms with E-state index in [4.69, 9.17) is 5.73 Å². The Balaban J connectivity index is 1.02. The van der Waals surface area contributed by atoms with Crippen molar-refractivity contribution in [2.45, 2.75) is 38.9 Å². The van der Waals surface area contributed by atoms with Gasteiger partial charge in [0.15, 0.2) is 0 Å². The molecule has 0 aliphatic carbocycles. The van der Waals surface area contributed by atoms with E-state index in [-0.39, 0.29) is 6.03 Å². The molecule has 2 aliphatic heterocycles. The summed E-state index contributed by atoms with van der Waals surface area (Å²) in [5, 5.41) is 2.29. The zero-order chi connectivity index (χ0) is 29.3. The Morgan fingerprint density at radius 3 is 2.47 bits per heavy atom. The van der Waals surface area contributed by atoms with E-state index in [0.717, 1.165) is 73.0 Å². The smallest absolute Gasteiger partial charge is 0.320 e. The molecule has 7 rings (SSSR count). The van der Waals surface area contributed by atoms with Crippen LogP contribution >= 0.6 is 0 Å². The molecule has 0 bridgehead atoms. The van der Waals surface area contributed by atoms with Crippen LogP contribution in [0.5, 0.6) is 0 Å². The Bertz CT molecular complexity index is 1790. The minimum Gasteiger partial charge on any atom is -0.364 e. The molecule has 4 heterocycles. The Morgan fingerprint density at radius 1 is 0.860 bits per heavy atom. The second-order valence-corrected chi connectivity index (χ2v) is 11.8. The van der Waals surface area contributed by atoms with E-state index in [2.05, 4.69) is 58.1 Å². The van der Waals surface area contributed by atoms with Crippen molar-refractivity contribution < 1.29 is 9.59 Å². The summed E-state index contributed by atoms with van der Waals surface area (Å²) >= 11 is 0. The fourth-order valence-electron chi connectivity index (χ4n) is 6.74. The molecule has 0 atom stereocenters. The van der Waals surface area contributed by atoms with Gasteiger partial charge in [0.1, 0.15) is 5.69 Å². The normalized spacial score (nSPS) is 15.5. The van der Waals surface area contributed by atoms with Gasteiger partial charge < -0.3 is 24.7 Å². The van der Waals surface area contributed by atoms with Gasteiger partial charge in [-0.3, -0.25) is 4.79 Å². The number of piperidine rings is 1. The monoisotopic (exact) mass is 572 g/mol. The lowest BCUT2D eigenvalue weighted by molar-refractivity contribution is 0.0991.